The summed E-state index contributed by atoms with van der Waals surface area (Å²) in [7, 11) is 1.94. The Labute approximate surface area is 131 Å². The molecule has 2 heterocycles. The maximum absolute atomic E-state index is 4.79. The summed E-state index contributed by atoms with van der Waals surface area (Å²) in [5, 5.41) is 7.61. The average Bonchev–Trinajstić information content (AvgIpc) is 3.13. The Morgan fingerprint density at radius 3 is 3.00 bits per heavy atom. The molecule has 1 aliphatic heterocycles. The molecule has 1 N–H and O–H groups in total. The number of rotatable bonds is 4. The van der Waals surface area contributed by atoms with Gasteiger partial charge >= 0.3 is 0 Å². The fourth-order valence-corrected chi connectivity index (χ4v) is 2.84. The zero-order valence-electron chi connectivity index (χ0n) is 13.3. The van der Waals surface area contributed by atoms with Gasteiger partial charge in [-0.1, -0.05) is 18.2 Å². The lowest BCUT2D eigenvalue weighted by Gasteiger charge is -2.22. The van der Waals surface area contributed by atoms with Gasteiger partial charge in [0.25, 0.3) is 0 Å². The molecule has 1 aromatic carbocycles. The Morgan fingerprint density at radius 2 is 2.23 bits per heavy atom. The monoisotopic (exact) mass is 297 g/mol. The molecule has 22 heavy (non-hydrogen) atoms. The standard InChI is InChI=1S/C17H23N5/c1-3-18-17(19-10-8-14-12-20-21(2)13-14)22-11-9-15-6-4-5-7-16(15)22/h4-7,12-13H,3,8-11H2,1-2H3,(H,18,19). The third-order valence-electron chi connectivity index (χ3n) is 3.90. The van der Waals surface area contributed by atoms with Crippen molar-refractivity contribution in [3.63, 3.8) is 0 Å². The molecule has 0 saturated carbocycles. The van der Waals surface area contributed by atoms with Crippen molar-refractivity contribution in [3.8, 4) is 0 Å². The molecule has 0 atom stereocenters. The van der Waals surface area contributed by atoms with Gasteiger partial charge in [0, 0.05) is 38.6 Å². The molecule has 0 amide bonds. The fraction of sp³-hybridized carbons (Fsp3) is 0.412. The molecular weight excluding hydrogens is 274 g/mol. The van der Waals surface area contributed by atoms with Crippen LogP contribution in [0.5, 0.6) is 0 Å². The first-order valence-electron chi connectivity index (χ1n) is 7.89. The molecule has 0 radical (unpaired) electrons. The van der Waals surface area contributed by atoms with Gasteiger partial charge < -0.3 is 10.2 Å². The van der Waals surface area contributed by atoms with Crippen molar-refractivity contribution in [2.75, 3.05) is 24.5 Å². The van der Waals surface area contributed by atoms with E-state index in [2.05, 4.69) is 46.5 Å². The number of fused-ring (bicyclic) bond motifs is 1. The quantitative estimate of drug-likeness (QED) is 0.693. The Morgan fingerprint density at radius 1 is 1.36 bits per heavy atom. The van der Waals surface area contributed by atoms with Crippen molar-refractivity contribution in [3.05, 3.63) is 47.8 Å². The van der Waals surface area contributed by atoms with Crippen LogP contribution in [0.3, 0.4) is 0 Å². The highest BCUT2D eigenvalue weighted by Gasteiger charge is 2.22. The Bertz CT molecular complexity index is 659. The topological polar surface area (TPSA) is 45.5 Å². The van der Waals surface area contributed by atoms with Crippen LogP contribution in [0.4, 0.5) is 5.69 Å². The molecule has 1 aliphatic rings. The zero-order valence-corrected chi connectivity index (χ0v) is 13.3. The van der Waals surface area contributed by atoms with Crippen molar-refractivity contribution in [1.82, 2.24) is 15.1 Å². The Kier molecular flexibility index (Phi) is 4.42. The fourth-order valence-electron chi connectivity index (χ4n) is 2.84. The van der Waals surface area contributed by atoms with Crippen molar-refractivity contribution in [1.29, 1.82) is 0 Å². The van der Waals surface area contributed by atoms with E-state index in [-0.39, 0.29) is 0 Å². The van der Waals surface area contributed by atoms with Crippen LogP contribution in [0.1, 0.15) is 18.1 Å². The highest BCUT2D eigenvalue weighted by Crippen LogP contribution is 2.27. The molecule has 0 fully saturated rings. The Balaban J connectivity index is 1.71. The summed E-state index contributed by atoms with van der Waals surface area (Å²) in [5.74, 6) is 0.983. The van der Waals surface area contributed by atoms with E-state index in [0.717, 1.165) is 38.4 Å². The largest absolute Gasteiger partial charge is 0.356 e. The molecule has 0 bridgehead atoms. The SMILES string of the molecule is CCNC(=NCCc1cnn(C)c1)N1CCc2ccccc21. The second kappa shape index (κ2) is 6.64. The minimum atomic E-state index is 0.771. The lowest BCUT2D eigenvalue weighted by Crippen LogP contribution is -2.40. The summed E-state index contributed by atoms with van der Waals surface area (Å²) in [6.07, 6.45) is 5.96. The number of aromatic nitrogens is 2. The van der Waals surface area contributed by atoms with Crippen molar-refractivity contribution in [2.45, 2.75) is 19.8 Å². The summed E-state index contributed by atoms with van der Waals surface area (Å²) >= 11 is 0. The number of benzene rings is 1. The van der Waals surface area contributed by atoms with Gasteiger partial charge in [-0.25, -0.2) is 0 Å². The molecule has 0 spiro atoms. The molecule has 5 nitrogen and oxygen atoms in total. The van der Waals surface area contributed by atoms with Gasteiger partial charge in [-0.3, -0.25) is 9.67 Å². The van der Waals surface area contributed by atoms with Gasteiger partial charge in [0.1, 0.15) is 0 Å². The van der Waals surface area contributed by atoms with Gasteiger partial charge in [-0.05, 0) is 37.0 Å². The summed E-state index contributed by atoms with van der Waals surface area (Å²) in [6, 6.07) is 8.58. The maximum atomic E-state index is 4.79. The van der Waals surface area contributed by atoms with Gasteiger partial charge in [-0.15, -0.1) is 0 Å². The van der Waals surface area contributed by atoms with Crippen LogP contribution in [0.2, 0.25) is 0 Å². The van der Waals surface area contributed by atoms with Crippen LogP contribution in [-0.4, -0.2) is 35.4 Å². The van der Waals surface area contributed by atoms with Gasteiger partial charge in [0.2, 0.25) is 0 Å². The zero-order chi connectivity index (χ0) is 15.4. The molecule has 5 heteroatoms. The highest BCUT2D eigenvalue weighted by molar-refractivity contribution is 5.97. The number of nitrogens with zero attached hydrogens (tertiary/aromatic N) is 4. The second-order valence-electron chi connectivity index (χ2n) is 5.54. The highest BCUT2D eigenvalue weighted by atomic mass is 15.3. The minimum Gasteiger partial charge on any atom is -0.356 e. The van der Waals surface area contributed by atoms with E-state index >= 15 is 0 Å². The van der Waals surface area contributed by atoms with Crippen LogP contribution < -0.4 is 10.2 Å². The summed E-state index contributed by atoms with van der Waals surface area (Å²) < 4.78 is 1.83. The van der Waals surface area contributed by atoms with E-state index in [9.17, 15) is 0 Å². The van der Waals surface area contributed by atoms with E-state index < -0.39 is 0 Å². The second-order valence-corrected chi connectivity index (χ2v) is 5.54. The first kappa shape index (κ1) is 14.6. The number of aryl methyl sites for hydroxylation is 1. The van der Waals surface area contributed by atoms with Crippen molar-refractivity contribution < 1.29 is 0 Å². The third kappa shape index (κ3) is 3.13. The number of nitrogens with one attached hydrogen (secondary N) is 1. The van der Waals surface area contributed by atoms with Crippen molar-refractivity contribution in [2.24, 2.45) is 12.0 Å². The predicted octanol–water partition coefficient (Wildman–Crippen LogP) is 1.99. The average molecular weight is 297 g/mol. The van der Waals surface area contributed by atoms with Crippen LogP contribution in [-0.2, 0) is 19.9 Å². The van der Waals surface area contributed by atoms with Crippen LogP contribution in [0.15, 0.2) is 41.7 Å². The van der Waals surface area contributed by atoms with E-state index in [0.29, 0.717) is 0 Å². The molecular formula is C17H23N5. The summed E-state index contributed by atoms with van der Waals surface area (Å²) in [5.41, 5.74) is 3.91. The normalized spacial score (nSPS) is 14.3. The third-order valence-corrected chi connectivity index (χ3v) is 3.90. The smallest absolute Gasteiger partial charge is 0.198 e. The van der Waals surface area contributed by atoms with E-state index in [1.165, 1.54) is 16.8 Å². The lowest BCUT2D eigenvalue weighted by atomic mass is 10.2. The predicted molar refractivity (Wildman–Crippen MR) is 90.4 cm³/mol. The van der Waals surface area contributed by atoms with Crippen molar-refractivity contribution >= 4 is 11.6 Å². The van der Waals surface area contributed by atoms with E-state index in [4.69, 9.17) is 4.99 Å². The molecule has 0 saturated heterocycles. The number of hydrogen-bond donors (Lipinski definition) is 1. The number of hydrogen-bond acceptors (Lipinski definition) is 2. The van der Waals surface area contributed by atoms with Gasteiger partial charge in [0.15, 0.2) is 5.96 Å². The van der Waals surface area contributed by atoms with Crippen LogP contribution >= 0.6 is 0 Å². The number of para-hydroxylation sites is 1. The lowest BCUT2D eigenvalue weighted by molar-refractivity contribution is 0.766. The Hall–Kier alpha value is -2.30. The summed E-state index contributed by atoms with van der Waals surface area (Å²) in [4.78, 5) is 7.09. The molecule has 3 rings (SSSR count). The molecule has 2 aromatic rings. The molecule has 0 aliphatic carbocycles. The van der Waals surface area contributed by atoms with Crippen LogP contribution in [0, 0.1) is 0 Å². The van der Waals surface area contributed by atoms with E-state index in [1.807, 2.05) is 24.1 Å². The number of guanidine groups is 1. The minimum absolute atomic E-state index is 0.771. The number of aliphatic imine (C=N–C) groups is 1. The van der Waals surface area contributed by atoms with E-state index in [1.54, 1.807) is 0 Å². The first-order chi connectivity index (χ1) is 10.8. The number of anilines is 1. The summed E-state index contributed by atoms with van der Waals surface area (Å²) in [6.45, 7) is 4.76. The molecule has 0 unspecified atom stereocenters. The van der Waals surface area contributed by atoms with Crippen LogP contribution in [0.25, 0.3) is 0 Å². The first-order valence-corrected chi connectivity index (χ1v) is 7.89. The maximum Gasteiger partial charge on any atom is 0.198 e. The molecule has 1 aromatic heterocycles. The molecule has 116 valence electrons. The van der Waals surface area contributed by atoms with Gasteiger partial charge in [-0.2, -0.15) is 5.10 Å². The van der Waals surface area contributed by atoms with Gasteiger partial charge in [0.05, 0.1) is 6.20 Å².